The highest BCUT2D eigenvalue weighted by Crippen LogP contribution is 2.29. The Kier molecular flexibility index (Phi) is 5.83. The van der Waals surface area contributed by atoms with Gasteiger partial charge in [0.25, 0.3) is 0 Å². The first-order valence-electron chi connectivity index (χ1n) is 6.18. The van der Waals surface area contributed by atoms with Crippen LogP contribution in [-0.4, -0.2) is 7.11 Å². The molecule has 0 aliphatic carbocycles. The van der Waals surface area contributed by atoms with Crippen LogP contribution in [0.1, 0.15) is 17.2 Å². The van der Waals surface area contributed by atoms with Crippen molar-refractivity contribution >= 4 is 38.5 Å². The Hall–Kier alpha value is -0.630. The molecule has 20 heavy (non-hydrogen) atoms. The zero-order chi connectivity index (χ0) is 14.5. The van der Waals surface area contributed by atoms with Gasteiger partial charge in [0.2, 0.25) is 0 Å². The maximum absolute atomic E-state index is 5.73. The SMILES string of the molecule is COc1ccc(Br)c(C(Cc2ccc(I)cc2)NN)c1. The predicted octanol–water partition coefficient (Wildman–Crippen LogP) is 3.81. The van der Waals surface area contributed by atoms with Gasteiger partial charge < -0.3 is 4.74 Å². The van der Waals surface area contributed by atoms with E-state index in [2.05, 4.69) is 68.2 Å². The van der Waals surface area contributed by atoms with Crippen LogP contribution >= 0.6 is 38.5 Å². The average Bonchev–Trinajstić information content (AvgIpc) is 2.47. The summed E-state index contributed by atoms with van der Waals surface area (Å²) in [6.45, 7) is 0. The third kappa shape index (κ3) is 3.94. The number of rotatable bonds is 5. The van der Waals surface area contributed by atoms with E-state index in [1.54, 1.807) is 7.11 Å². The summed E-state index contributed by atoms with van der Waals surface area (Å²) >= 11 is 5.88. The molecule has 3 N–H and O–H groups in total. The molecule has 0 bridgehead atoms. The Labute approximate surface area is 141 Å². The van der Waals surface area contributed by atoms with Crippen LogP contribution in [0.15, 0.2) is 46.9 Å². The van der Waals surface area contributed by atoms with Gasteiger partial charge >= 0.3 is 0 Å². The van der Waals surface area contributed by atoms with E-state index in [9.17, 15) is 0 Å². The molecule has 1 unspecified atom stereocenters. The van der Waals surface area contributed by atoms with Crippen molar-refractivity contribution in [1.82, 2.24) is 5.43 Å². The van der Waals surface area contributed by atoms with Gasteiger partial charge in [-0.25, -0.2) is 0 Å². The Morgan fingerprint density at radius 2 is 1.95 bits per heavy atom. The van der Waals surface area contributed by atoms with E-state index in [4.69, 9.17) is 10.6 Å². The van der Waals surface area contributed by atoms with Crippen LogP contribution in [0.4, 0.5) is 0 Å². The lowest BCUT2D eigenvalue weighted by Crippen LogP contribution is -2.29. The molecule has 0 saturated carbocycles. The number of halogens is 2. The van der Waals surface area contributed by atoms with Gasteiger partial charge in [0.05, 0.1) is 13.2 Å². The number of hydrogen-bond acceptors (Lipinski definition) is 3. The molecule has 0 saturated heterocycles. The second kappa shape index (κ2) is 7.40. The lowest BCUT2D eigenvalue weighted by molar-refractivity contribution is 0.412. The third-order valence-electron chi connectivity index (χ3n) is 3.13. The Balaban J connectivity index is 2.25. The van der Waals surface area contributed by atoms with Crippen LogP contribution in [0.3, 0.4) is 0 Å². The summed E-state index contributed by atoms with van der Waals surface area (Å²) in [4.78, 5) is 0. The summed E-state index contributed by atoms with van der Waals surface area (Å²) in [6, 6.07) is 14.4. The molecule has 0 amide bonds. The summed E-state index contributed by atoms with van der Waals surface area (Å²) in [7, 11) is 1.66. The summed E-state index contributed by atoms with van der Waals surface area (Å²) in [5, 5.41) is 0. The molecule has 2 aromatic carbocycles. The first kappa shape index (κ1) is 15.8. The Morgan fingerprint density at radius 3 is 2.55 bits per heavy atom. The van der Waals surface area contributed by atoms with E-state index in [-0.39, 0.29) is 6.04 Å². The molecule has 1 atom stereocenters. The van der Waals surface area contributed by atoms with Gasteiger partial charge in [-0.05, 0) is 70.5 Å². The molecule has 0 aromatic heterocycles. The lowest BCUT2D eigenvalue weighted by Gasteiger charge is -2.19. The van der Waals surface area contributed by atoms with Crippen LogP contribution in [0.2, 0.25) is 0 Å². The largest absolute Gasteiger partial charge is 0.497 e. The van der Waals surface area contributed by atoms with Gasteiger partial charge in [-0.2, -0.15) is 0 Å². The number of nitrogens with two attached hydrogens (primary N) is 1. The van der Waals surface area contributed by atoms with Crippen molar-refractivity contribution in [1.29, 1.82) is 0 Å². The highest BCUT2D eigenvalue weighted by Gasteiger charge is 2.15. The second-order valence-electron chi connectivity index (χ2n) is 4.44. The molecule has 3 nitrogen and oxygen atoms in total. The molecule has 2 rings (SSSR count). The van der Waals surface area contributed by atoms with Crippen LogP contribution in [0, 0.1) is 3.57 Å². The van der Waals surface area contributed by atoms with E-state index >= 15 is 0 Å². The molecule has 0 radical (unpaired) electrons. The normalized spacial score (nSPS) is 12.2. The smallest absolute Gasteiger partial charge is 0.119 e. The molecule has 2 aromatic rings. The second-order valence-corrected chi connectivity index (χ2v) is 6.54. The number of ether oxygens (including phenoxy) is 1. The van der Waals surface area contributed by atoms with E-state index in [0.717, 1.165) is 22.2 Å². The van der Waals surface area contributed by atoms with E-state index in [0.29, 0.717) is 0 Å². The molecule has 0 fully saturated rings. The lowest BCUT2D eigenvalue weighted by atomic mass is 9.99. The molecule has 106 valence electrons. The summed E-state index contributed by atoms with van der Waals surface area (Å²) in [5.74, 6) is 6.55. The summed E-state index contributed by atoms with van der Waals surface area (Å²) in [6.07, 6.45) is 0.819. The Morgan fingerprint density at radius 1 is 1.25 bits per heavy atom. The summed E-state index contributed by atoms with van der Waals surface area (Å²) < 4.78 is 7.53. The van der Waals surface area contributed by atoms with Crippen LogP contribution in [-0.2, 0) is 6.42 Å². The average molecular weight is 447 g/mol. The highest BCUT2D eigenvalue weighted by molar-refractivity contribution is 14.1. The quantitative estimate of drug-likeness (QED) is 0.417. The van der Waals surface area contributed by atoms with Gasteiger partial charge in [0.1, 0.15) is 5.75 Å². The van der Waals surface area contributed by atoms with Crippen molar-refractivity contribution in [3.63, 3.8) is 0 Å². The zero-order valence-corrected chi connectivity index (χ0v) is 14.8. The minimum Gasteiger partial charge on any atom is -0.497 e. The molecular formula is C15H16BrIN2O. The van der Waals surface area contributed by atoms with Gasteiger partial charge in [-0.3, -0.25) is 11.3 Å². The topological polar surface area (TPSA) is 47.3 Å². The fraction of sp³-hybridized carbons (Fsp3) is 0.200. The van der Waals surface area contributed by atoms with E-state index in [1.807, 2.05) is 18.2 Å². The number of nitrogens with one attached hydrogen (secondary N) is 1. The van der Waals surface area contributed by atoms with Gasteiger partial charge in [-0.15, -0.1) is 0 Å². The molecule has 0 spiro atoms. The van der Waals surface area contributed by atoms with Crippen molar-refractivity contribution in [2.45, 2.75) is 12.5 Å². The first-order chi connectivity index (χ1) is 9.63. The molecule has 0 heterocycles. The van der Waals surface area contributed by atoms with Crippen molar-refractivity contribution in [3.05, 3.63) is 61.6 Å². The van der Waals surface area contributed by atoms with Crippen molar-refractivity contribution in [2.75, 3.05) is 7.11 Å². The molecule has 0 aliphatic rings. The van der Waals surface area contributed by atoms with Crippen molar-refractivity contribution in [2.24, 2.45) is 5.84 Å². The summed E-state index contributed by atoms with van der Waals surface area (Å²) in [5.41, 5.74) is 5.21. The highest BCUT2D eigenvalue weighted by atomic mass is 127. The maximum Gasteiger partial charge on any atom is 0.119 e. The maximum atomic E-state index is 5.73. The number of benzene rings is 2. The number of methoxy groups -OCH3 is 1. The minimum absolute atomic E-state index is 0.0273. The van der Waals surface area contributed by atoms with E-state index < -0.39 is 0 Å². The van der Waals surface area contributed by atoms with Gasteiger partial charge in [0.15, 0.2) is 0 Å². The van der Waals surface area contributed by atoms with Crippen LogP contribution in [0.5, 0.6) is 5.75 Å². The van der Waals surface area contributed by atoms with Gasteiger partial charge in [-0.1, -0.05) is 28.1 Å². The zero-order valence-electron chi connectivity index (χ0n) is 11.1. The van der Waals surface area contributed by atoms with Crippen molar-refractivity contribution < 1.29 is 4.74 Å². The third-order valence-corrected chi connectivity index (χ3v) is 4.57. The predicted molar refractivity (Wildman–Crippen MR) is 93.6 cm³/mol. The van der Waals surface area contributed by atoms with Crippen molar-refractivity contribution in [3.8, 4) is 5.75 Å². The Bertz CT molecular complexity index is 575. The van der Waals surface area contributed by atoms with Crippen LogP contribution in [0.25, 0.3) is 0 Å². The van der Waals surface area contributed by atoms with Gasteiger partial charge in [0, 0.05) is 8.04 Å². The molecular weight excluding hydrogens is 431 g/mol. The number of hydrogen-bond donors (Lipinski definition) is 2. The minimum atomic E-state index is 0.0273. The van der Waals surface area contributed by atoms with Crippen LogP contribution < -0.4 is 16.0 Å². The molecule has 5 heteroatoms. The first-order valence-corrected chi connectivity index (χ1v) is 8.05. The van der Waals surface area contributed by atoms with E-state index in [1.165, 1.54) is 9.13 Å². The number of hydrazine groups is 1. The standard InChI is InChI=1S/C15H16BrIN2O/c1-20-12-6-7-14(16)13(9-12)15(19-18)8-10-2-4-11(17)5-3-10/h2-7,9,15,19H,8,18H2,1H3. The fourth-order valence-corrected chi connectivity index (χ4v) is 2.91. The fourth-order valence-electron chi connectivity index (χ4n) is 2.03. The monoisotopic (exact) mass is 446 g/mol. The molecule has 0 aliphatic heterocycles.